The lowest BCUT2D eigenvalue weighted by atomic mass is 9.92. The number of halogens is 1. The number of carbonyl (C=O) groups excluding carboxylic acids is 2. The number of hydrogen-bond donors (Lipinski definition) is 1. The number of ether oxygens (including phenoxy) is 1. The lowest BCUT2D eigenvalue weighted by molar-refractivity contribution is -0.119. The molecule has 128 valence electrons. The summed E-state index contributed by atoms with van der Waals surface area (Å²) < 4.78 is 23.1. The number of aryl methyl sites for hydroxylation is 1. The summed E-state index contributed by atoms with van der Waals surface area (Å²) in [6, 6.07) is 5.39. The highest BCUT2D eigenvalue weighted by Crippen LogP contribution is 2.23. The summed E-state index contributed by atoms with van der Waals surface area (Å²) in [4.78, 5) is 23.7. The lowest BCUT2D eigenvalue weighted by Gasteiger charge is -2.12. The fraction of sp³-hybridized carbons (Fsp3) is 0.353. The number of nitrogens with one attached hydrogen (secondary N) is 1. The topological polar surface area (TPSA) is 81.4 Å². The van der Waals surface area contributed by atoms with Gasteiger partial charge in [0.25, 0.3) is 5.91 Å². The predicted octanol–water partition coefficient (Wildman–Crippen LogP) is 3.22. The van der Waals surface area contributed by atoms with Gasteiger partial charge in [-0.25, -0.2) is 9.18 Å². The van der Waals surface area contributed by atoms with Gasteiger partial charge in [0.15, 0.2) is 6.61 Å². The Morgan fingerprint density at radius 1 is 1.29 bits per heavy atom. The number of anilines is 1. The molecular weight excluding hydrogens is 315 g/mol. The van der Waals surface area contributed by atoms with Gasteiger partial charge >= 0.3 is 5.97 Å². The van der Waals surface area contributed by atoms with Gasteiger partial charge in [-0.05, 0) is 24.6 Å². The number of carbonyl (C=O) groups is 2. The molecule has 0 unspecified atom stereocenters. The van der Waals surface area contributed by atoms with Crippen LogP contribution < -0.4 is 5.32 Å². The van der Waals surface area contributed by atoms with Crippen LogP contribution in [0.4, 0.5) is 10.3 Å². The van der Waals surface area contributed by atoms with Crippen molar-refractivity contribution in [2.75, 3.05) is 11.9 Å². The van der Waals surface area contributed by atoms with Crippen LogP contribution in [0.1, 0.15) is 42.4 Å². The maximum absolute atomic E-state index is 13.2. The van der Waals surface area contributed by atoms with Gasteiger partial charge in [0.2, 0.25) is 5.88 Å². The molecule has 0 saturated carbocycles. The zero-order chi connectivity index (χ0) is 17.9. The normalized spacial score (nSPS) is 11.2. The second kappa shape index (κ2) is 6.82. The molecule has 7 heteroatoms. The number of hydrogen-bond acceptors (Lipinski definition) is 5. The molecule has 1 aromatic heterocycles. The average Bonchev–Trinajstić information content (AvgIpc) is 2.96. The van der Waals surface area contributed by atoms with E-state index in [4.69, 9.17) is 9.26 Å². The Kier molecular flexibility index (Phi) is 5.02. The van der Waals surface area contributed by atoms with Crippen LogP contribution in [-0.2, 0) is 14.9 Å². The van der Waals surface area contributed by atoms with E-state index in [2.05, 4.69) is 10.5 Å². The van der Waals surface area contributed by atoms with Crippen LogP contribution in [0.2, 0.25) is 0 Å². The summed E-state index contributed by atoms with van der Waals surface area (Å²) in [7, 11) is 0. The van der Waals surface area contributed by atoms with Crippen LogP contribution >= 0.6 is 0 Å². The molecule has 2 rings (SSSR count). The summed E-state index contributed by atoms with van der Waals surface area (Å²) in [5.41, 5.74) is 1.11. The van der Waals surface area contributed by atoms with Crippen molar-refractivity contribution in [2.24, 2.45) is 0 Å². The van der Waals surface area contributed by atoms with Gasteiger partial charge in [0, 0.05) is 11.5 Å². The van der Waals surface area contributed by atoms with Crippen molar-refractivity contribution in [3.05, 3.63) is 46.9 Å². The van der Waals surface area contributed by atoms with E-state index in [0.717, 1.165) is 6.07 Å². The van der Waals surface area contributed by atoms with E-state index in [0.29, 0.717) is 11.3 Å². The Balaban J connectivity index is 1.92. The van der Waals surface area contributed by atoms with Crippen molar-refractivity contribution in [1.82, 2.24) is 5.16 Å². The predicted molar refractivity (Wildman–Crippen MR) is 85.3 cm³/mol. The van der Waals surface area contributed by atoms with Crippen molar-refractivity contribution in [1.29, 1.82) is 0 Å². The first-order valence-electron chi connectivity index (χ1n) is 7.37. The van der Waals surface area contributed by atoms with Gasteiger partial charge in [0.1, 0.15) is 5.82 Å². The van der Waals surface area contributed by atoms with Crippen LogP contribution in [-0.4, -0.2) is 23.6 Å². The first-order chi connectivity index (χ1) is 11.2. The lowest BCUT2D eigenvalue weighted by Crippen LogP contribution is -2.21. The summed E-state index contributed by atoms with van der Waals surface area (Å²) in [5, 5.41) is 6.31. The molecule has 1 N–H and O–H groups in total. The van der Waals surface area contributed by atoms with E-state index in [1.54, 1.807) is 13.0 Å². The molecule has 24 heavy (non-hydrogen) atoms. The van der Waals surface area contributed by atoms with Crippen LogP contribution in [0.5, 0.6) is 0 Å². The molecule has 0 spiro atoms. The van der Waals surface area contributed by atoms with Crippen molar-refractivity contribution in [3.8, 4) is 0 Å². The summed E-state index contributed by atoms with van der Waals surface area (Å²) in [5.74, 6) is -1.72. The molecular formula is C17H19FN2O4. The van der Waals surface area contributed by atoms with Crippen LogP contribution in [0, 0.1) is 12.7 Å². The number of esters is 1. The Morgan fingerprint density at radius 3 is 2.62 bits per heavy atom. The Labute approximate surface area is 139 Å². The molecule has 0 aliphatic carbocycles. The third-order valence-corrected chi connectivity index (χ3v) is 3.30. The molecule has 0 bridgehead atoms. The molecule has 1 heterocycles. The zero-order valence-electron chi connectivity index (χ0n) is 14.0. The molecule has 0 atom stereocenters. The number of rotatable bonds is 4. The first-order valence-corrected chi connectivity index (χ1v) is 7.37. The molecule has 1 aromatic carbocycles. The standard InChI is InChI=1S/C17H19FN2O4/c1-10-5-6-11(18)7-12(10)16(22)23-9-14(21)19-15-8-13(20-24-15)17(2,3)4/h5-8H,9H2,1-4H3,(H,19,21). The second-order valence-electron chi connectivity index (χ2n) is 6.41. The molecule has 0 aliphatic heterocycles. The van der Waals surface area contributed by atoms with Gasteiger partial charge < -0.3 is 9.26 Å². The fourth-order valence-electron chi connectivity index (χ4n) is 1.88. The van der Waals surface area contributed by atoms with Gasteiger partial charge in [-0.15, -0.1) is 0 Å². The molecule has 0 aliphatic rings. The van der Waals surface area contributed by atoms with E-state index >= 15 is 0 Å². The number of aromatic nitrogens is 1. The third-order valence-electron chi connectivity index (χ3n) is 3.30. The SMILES string of the molecule is Cc1ccc(F)cc1C(=O)OCC(=O)Nc1cc(C(C)(C)C)no1. The molecule has 2 aromatic rings. The quantitative estimate of drug-likeness (QED) is 0.868. The fourth-order valence-corrected chi connectivity index (χ4v) is 1.88. The van der Waals surface area contributed by atoms with Crippen molar-refractivity contribution < 1.29 is 23.2 Å². The van der Waals surface area contributed by atoms with E-state index in [-0.39, 0.29) is 16.9 Å². The zero-order valence-corrected chi connectivity index (χ0v) is 14.0. The summed E-state index contributed by atoms with van der Waals surface area (Å²) in [6.07, 6.45) is 0. The van der Waals surface area contributed by atoms with Gasteiger partial charge in [-0.3, -0.25) is 10.1 Å². The number of nitrogens with zero attached hydrogens (tertiary/aromatic N) is 1. The van der Waals surface area contributed by atoms with Gasteiger partial charge in [-0.2, -0.15) is 0 Å². The number of amides is 1. The largest absolute Gasteiger partial charge is 0.452 e. The smallest absolute Gasteiger partial charge is 0.339 e. The molecule has 0 radical (unpaired) electrons. The maximum Gasteiger partial charge on any atom is 0.339 e. The first kappa shape index (κ1) is 17.7. The monoisotopic (exact) mass is 334 g/mol. The van der Waals surface area contributed by atoms with Crippen molar-refractivity contribution in [3.63, 3.8) is 0 Å². The minimum atomic E-state index is -0.768. The highest BCUT2D eigenvalue weighted by atomic mass is 19.1. The van der Waals surface area contributed by atoms with E-state index in [9.17, 15) is 14.0 Å². The Morgan fingerprint density at radius 2 is 2.00 bits per heavy atom. The Hall–Kier alpha value is -2.70. The molecule has 1 amide bonds. The van der Waals surface area contributed by atoms with Crippen LogP contribution in [0.25, 0.3) is 0 Å². The average molecular weight is 334 g/mol. The highest BCUT2D eigenvalue weighted by Gasteiger charge is 2.20. The van der Waals surface area contributed by atoms with Crippen molar-refractivity contribution in [2.45, 2.75) is 33.1 Å². The van der Waals surface area contributed by atoms with Gasteiger partial charge in [0.05, 0.1) is 11.3 Å². The highest BCUT2D eigenvalue weighted by molar-refractivity contribution is 5.95. The maximum atomic E-state index is 13.2. The van der Waals surface area contributed by atoms with Crippen molar-refractivity contribution >= 4 is 17.8 Å². The van der Waals surface area contributed by atoms with Gasteiger partial charge in [-0.1, -0.05) is 32.0 Å². The second-order valence-corrected chi connectivity index (χ2v) is 6.41. The molecule has 0 saturated heterocycles. The molecule has 6 nitrogen and oxygen atoms in total. The van der Waals surface area contributed by atoms with Crippen LogP contribution in [0.15, 0.2) is 28.8 Å². The summed E-state index contributed by atoms with van der Waals surface area (Å²) >= 11 is 0. The van der Waals surface area contributed by atoms with E-state index < -0.39 is 24.3 Å². The minimum Gasteiger partial charge on any atom is -0.452 e. The summed E-state index contributed by atoms with van der Waals surface area (Å²) in [6.45, 7) is 7.01. The van der Waals surface area contributed by atoms with E-state index in [1.807, 2.05) is 20.8 Å². The van der Waals surface area contributed by atoms with E-state index in [1.165, 1.54) is 12.1 Å². The molecule has 0 fully saturated rings. The third kappa shape index (κ3) is 4.41. The number of benzene rings is 1. The van der Waals surface area contributed by atoms with Crippen LogP contribution in [0.3, 0.4) is 0 Å². The minimum absolute atomic E-state index is 0.0810. The Bertz CT molecular complexity index is 762.